The Bertz CT molecular complexity index is 1080. The maximum absolute atomic E-state index is 13.0. The molecule has 0 aliphatic carbocycles. The number of anilines is 1. The molecule has 0 radical (unpaired) electrons. The van der Waals surface area contributed by atoms with Crippen molar-refractivity contribution in [2.75, 3.05) is 19.5 Å². The van der Waals surface area contributed by atoms with E-state index in [1.807, 2.05) is 13.0 Å². The lowest BCUT2D eigenvalue weighted by Crippen LogP contribution is -2.27. The highest BCUT2D eigenvalue weighted by Crippen LogP contribution is 2.29. The maximum Gasteiger partial charge on any atom is 0.255 e. The molecule has 7 heteroatoms. The number of rotatable bonds is 7. The summed E-state index contributed by atoms with van der Waals surface area (Å²) in [6.07, 6.45) is 0. The van der Waals surface area contributed by atoms with Gasteiger partial charge in [-0.3, -0.25) is 9.59 Å². The first-order valence-electron chi connectivity index (χ1n) is 9.61. The van der Waals surface area contributed by atoms with E-state index in [2.05, 4.69) is 10.6 Å². The van der Waals surface area contributed by atoms with Crippen molar-refractivity contribution in [3.05, 3.63) is 89.2 Å². The molecule has 1 atom stereocenters. The molecule has 160 valence electrons. The molecule has 31 heavy (non-hydrogen) atoms. The summed E-state index contributed by atoms with van der Waals surface area (Å²) in [5, 5.41) is 5.64. The molecule has 3 aromatic carbocycles. The van der Waals surface area contributed by atoms with Gasteiger partial charge in [-0.05, 0) is 67.6 Å². The Kier molecular flexibility index (Phi) is 6.87. The van der Waals surface area contributed by atoms with E-state index in [0.29, 0.717) is 28.3 Å². The average Bonchev–Trinajstić information content (AvgIpc) is 2.79. The van der Waals surface area contributed by atoms with Crippen LogP contribution in [0.2, 0.25) is 0 Å². The standard InChI is InChI=1S/C24H23FN2O4/c1-15(21-14-20(30-2)11-12-22(21)31-3)26-24(29)17-5-4-6-19(13-17)27-23(28)16-7-9-18(25)10-8-16/h4-15H,1-3H3,(H,26,29)(H,27,28)/t15-/m1/s1. The van der Waals surface area contributed by atoms with E-state index >= 15 is 0 Å². The molecule has 0 heterocycles. The van der Waals surface area contributed by atoms with Gasteiger partial charge in [0.1, 0.15) is 17.3 Å². The van der Waals surface area contributed by atoms with E-state index in [0.717, 1.165) is 5.56 Å². The zero-order valence-corrected chi connectivity index (χ0v) is 17.4. The first-order valence-corrected chi connectivity index (χ1v) is 9.61. The Morgan fingerprint density at radius 2 is 1.61 bits per heavy atom. The Morgan fingerprint density at radius 3 is 2.29 bits per heavy atom. The molecular weight excluding hydrogens is 399 g/mol. The van der Waals surface area contributed by atoms with E-state index in [9.17, 15) is 14.0 Å². The van der Waals surface area contributed by atoms with Gasteiger partial charge in [0.25, 0.3) is 11.8 Å². The lowest BCUT2D eigenvalue weighted by molar-refractivity contribution is 0.0938. The summed E-state index contributed by atoms with van der Waals surface area (Å²) in [7, 11) is 3.13. The first kappa shape index (κ1) is 21.8. The quantitative estimate of drug-likeness (QED) is 0.584. The average molecular weight is 422 g/mol. The van der Waals surface area contributed by atoms with Crippen molar-refractivity contribution < 1.29 is 23.5 Å². The fourth-order valence-corrected chi connectivity index (χ4v) is 3.08. The summed E-state index contributed by atoms with van der Waals surface area (Å²) in [4.78, 5) is 25.1. The van der Waals surface area contributed by atoms with Gasteiger partial charge in [0, 0.05) is 22.4 Å². The van der Waals surface area contributed by atoms with Crippen LogP contribution in [0.4, 0.5) is 10.1 Å². The Balaban J connectivity index is 1.73. The number of amides is 2. The summed E-state index contributed by atoms with van der Waals surface area (Å²) < 4.78 is 23.7. The number of nitrogens with one attached hydrogen (secondary N) is 2. The molecule has 3 rings (SSSR count). The molecule has 6 nitrogen and oxygen atoms in total. The Labute approximate surface area is 180 Å². The number of hydrogen-bond acceptors (Lipinski definition) is 4. The highest BCUT2D eigenvalue weighted by Gasteiger charge is 2.17. The second kappa shape index (κ2) is 9.75. The fraction of sp³-hybridized carbons (Fsp3) is 0.167. The summed E-state index contributed by atoms with van der Waals surface area (Å²) in [6.45, 7) is 1.84. The first-order chi connectivity index (χ1) is 14.9. The normalized spacial score (nSPS) is 11.4. The third kappa shape index (κ3) is 5.39. The van der Waals surface area contributed by atoms with E-state index in [1.165, 1.54) is 24.3 Å². The van der Waals surface area contributed by atoms with Crippen LogP contribution in [-0.2, 0) is 0 Å². The minimum atomic E-state index is -0.419. The molecule has 0 saturated carbocycles. The monoisotopic (exact) mass is 422 g/mol. The van der Waals surface area contributed by atoms with Crippen molar-refractivity contribution in [2.45, 2.75) is 13.0 Å². The minimum Gasteiger partial charge on any atom is -0.497 e. The van der Waals surface area contributed by atoms with Crippen LogP contribution in [0.1, 0.15) is 39.2 Å². The van der Waals surface area contributed by atoms with Crippen molar-refractivity contribution in [3.8, 4) is 11.5 Å². The van der Waals surface area contributed by atoms with Crippen molar-refractivity contribution in [1.82, 2.24) is 5.32 Å². The molecule has 3 aromatic rings. The van der Waals surface area contributed by atoms with Crippen molar-refractivity contribution in [1.29, 1.82) is 0 Å². The number of halogens is 1. The van der Waals surface area contributed by atoms with Gasteiger partial charge in [0.2, 0.25) is 0 Å². The van der Waals surface area contributed by atoms with Gasteiger partial charge < -0.3 is 20.1 Å². The molecule has 2 amide bonds. The summed E-state index contributed by atoms with van der Waals surface area (Å²) in [6, 6.07) is 16.8. The molecule has 0 unspecified atom stereocenters. The number of methoxy groups -OCH3 is 2. The molecular formula is C24H23FN2O4. The van der Waals surface area contributed by atoms with Crippen molar-refractivity contribution in [2.24, 2.45) is 0 Å². The SMILES string of the molecule is COc1ccc(OC)c([C@@H](C)NC(=O)c2cccc(NC(=O)c3ccc(F)cc3)c2)c1. The van der Waals surface area contributed by atoms with Gasteiger partial charge in [-0.25, -0.2) is 4.39 Å². The van der Waals surface area contributed by atoms with Gasteiger partial charge in [-0.15, -0.1) is 0 Å². The predicted octanol–water partition coefficient (Wildman–Crippen LogP) is 4.59. The third-order valence-corrected chi connectivity index (χ3v) is 4.74. The van der Waals surface area contributed by atoms with E-state index in [4.69, 9.17) is 9.47 Å². The fourth-order valence-electron chi connectivity index (χ4n) is 3.08. The zero-order valence-electron chi connectivity index (χ0n) is 17.4. The zero-order chi connectivity index (χ0) is 22.4. The smallest absolute Gasteiger partial charge is 0.255 e. The topological polar surface area (TPSA) is 76.7 Å². The van der Waals surface area contributed by atoms with Gasteiger partial charge in [-0.2, -0.15) is 0 Å². The number of carbonyl (C=O) groups is 2. The van der Waals surface area contributed by atoms with E-state index in [1.54, 1.807) is 50.6 Å². The van der Waals surface area contributed by atoms with E-state index in [-0.39, 0.29) is 11.9 Å². The largest absolute Gasteiger partial charge is 0.497 e. The van der Waals surface area contributed by atoms with Gasteiger partial charge in [0.15, 0.2) is 0 Å². The molecule has 2 N–H and O–H groups in total. The summed E-state index contributed by atoms with van der Waals surface area (Å²) in [5.41, 5.74) is 1.92. The van der Waals surface area contributed by atoms with Crippen LogP contribution in [0, 0.1) is 5.82 Å². The van der Waals surface area contributed by atoms with Gasteiger partial charge in [-0.1, -0.05) is 6.07 Å². The maximum atomic E-state index is 13.0. The summed E-state index contributed by atoms with van der Waals surface area (Å²) >= 11 is 0. The minimum absolute atomic E-state index is 0.310. The third-order valence-electron chi connectivity index (χ3n) is 4.74. The molecule has 0 fully saturated rings. The van der Waals surface area contributed by atoms with Crippen LogP contribution >= 0.6 is 0 Å². The van der Waals surface area contributed by atoms with Gasteiger partial charge in [0.05, 0.1) is 20.3 Å². The van der Waals surface area contributed by atoms with Crippen molar-refractivity contribution >= 4 is 17.5 Å². The van der Waals surface area contributed by atoms with Crippen LogP contribution in [0.25, 0.3) is 0 Å². The lowest BCUT2D eigenvalue weighted by atomic mass is 10.1. The molecule has 0 aliphatic heterocycles. The highest BCUT2D eigenvalue weighted by molar-refractivity contribution is 6.05. The molecule has 0 aliphatic rings. The summed E-state index contributed by atoms with van der Waals surface area (Å²) in [5.74, 6) is 0.163. The number of ether oxygens (including phenoxy) is 2. The number of hydrogen-bond donors (Lipinski definition) is 2. The van der Waals surface area contributed by atoms with Crippen molar-refractivity contribution in [3.63, 3.8) is 0 Å². The molecule has 0 aromatic heterocycles. The number of carbonyl (C=O) groups excluding carboxylic acids is 2. The van der Waals surface area contributed by atoms with Crippen LogP contribution in [0.5, 0.6) is 11.5 Å². The molecule has 0 saturated heterocycles. The second-order valence-corrected chi connectivity index (χ2v) is 6.84. The van der Waals surface area contributed by atoms with Crippen LogP contribution < -0.4 is 20.1 Å². The Morgan fingerprint density at radius 1 is 0.871 bits per heavy atom. The van der Waals surface area contributed by atoms with Crippen LogP contribution in [-0.4, -0.2) is 26.0 Å². The van der Waals surface area contributed by atoms with Gasteiger partial charge >= 0.3 is 0 Å². The molecule has 0 bridgehead atoms. The van der Waals surface area contributed by atoms with Crippen LogP contribution in [0.3, 0.4) is 0 Å². The highest BCUT2D eigenvalue weighted by atomic mass is 19.1. The predicted molar refractivity (Wildman–Crippen MR) is 116 cm³/mol. The van der Waals surface area contributed by atoms with E-state index < -0.39 is 11.7 Å². The Hall–Kier alpha value is -3.87. The lowest BCUT2D eigenvalue weighted by Gasteiger charge is -2.18. The second-order valence-electron chi connectivity index (χ2n) is 6.84. The molecule has 0 spiro atoms. The van der Waals surface area contributed by atoms with Crippen LogP contribution in [0.15, 0.2) is 66.7 Å². The number of benzene rings is 3.